The molecule has 144 valence electrons. The lowest BCUT2D eigenvalue weighted by atomic mass is 9.98. The van der Waals surface area contributed by atoms with E-state index in [0.717, 1.165) is 23.3 Å². The molecule has 1 atom stereocenters. The van der Waals surface area contributed by atoms with Crippen LogP contribution in [0, 0.1) is 0 Å². The monoisotopic (exact) mass is 368 g/mol. The van der Waals surface area contributed by atoms with Crippen molar-refractivity contribution in [3.8, 4) is 5.75 Å². The van der Waals surface area contributed by atoms with Gasteiger partial charge in [0.2, 0.25) is 0 Å². The molecule has 1 unspecified atom stereocenters. The summed E-state index contributed by atoms with van der Waals surface area (Å²) in [5, 5.41) is 2.59. The number of amides is 2. The van der Waals surface area contributed by atoms with Crippen LogP contribution in [0.4, 0.5) is 0 Å². The minimum atomic E-state index is -0.126. The number of para-hydroxylation sites is 1. The Hall–Kier alpha value is -2.82. The third-order valence-corrected chi connectivity index (χ3v) is 4.70. The van der Waals surface area contributed by atoms with E-state index in [1.54, 1.807) is 31.1 Å². The van der Waals surface area contributed by atoms with Crippen LogP contribution >= 0.6 is 0 Å². The van der Waals surface area contributed by atoms with Crippen molar-refractivity contribution in [2.75, 3.05) is 20.7 Å². The van der Waals surface area contributed by atoms with Gasteiger partial charge in [-0.2, -0.15) is 0 Å². The van der Waals surface area contributed by atoms with Crippen LogP contribution in [0.1, 0.15) is 47.7 Å². The van der Waals surface area contributed by atoms with E-state index >= 15 is 0 Å². The van der Waals surface area contributed by atoms with Gasteiger partial charge in [-0.15, -0.1) is 0 Å². The smallest absolute Gasteiger partial charge is 0.260 e. The summed E-state index contributed by atoms with van der Waals surface area (Å²) in [7, 11) is 3.35. The molecule has 27 heavy (non-hydrogen) atoms. The topological polar surface area (TPSA) is 58.6 Å². The Morgan fingerprint density at radius 3 is 2.41 bits per heavy atom. The van der Waals surface area contributed by atoms with Gasteiger partial charge in [0.1, 0.15) is 5.75 Å². The van der Waals surface area contributed by atoms with Crippen LogP contribution in [0.25, 0.3) is 0 Å². The number of carbonyl (C=O) groups is 2. The molecule has 0 spiro atoms. The summed E-state index contributed by atoms with van der Waals surface area (Å²) < 4.78 is 5.80. The van der Waals surface area contributed by atoms with E-state index in [4.69, 9.17) is 4.74 Å². The summed E-state index contributed by atoms with van der Waals surface area (Å²) in [5.41, 5.74) is 2.68. The second-order valence-electron chi connectivity index (χ2n) is 6.66. The lowest BCUT2D eigenvalue weighted by molar-refractivity contribution is -0.132. The molecule has 5 nitrogen and oxygen atoms in total. The standard InChI is InChI=1S/C22H28N2O3/c1-5-16(2)19-8-6-7-9-20(19)27-15-21(25)24(4)14-17-10-12-18(13-11-17)22(26)23-3/h6-13,16H,5,14-15H2,1-4H3,(H,23,26). The van der Waals surface area contributed by atoms with Gasteiger partial charge >= 0.3 is 0 Å². The van der Waals surface area contributed by atoms with Gasteiger partial charge in [0.25, 0.3) is 11.8 Å². The minimum absolute atomic E-state index is 0.000270. The number of hydrogen-bond acceptors (Lipinski definition) is 3. The zero-order chi connectivity index (χ0) is 19.8. The second kappa shape index (κ2) is 9.76. The van der Waals surface area contributed by atoms with Crippen molar-refractivity contribution in [1.82, 2.24) is 10.2 Å². The number of nitrogens with one attached hydrogen (secondary N) is 1. The summed E-state index contributed by atoms with van der Waals surface area (Å²) in [4.78, 5) is 25.6. The van der Waals surface area contributed by atoms with Crippen molar-refractivity contribution in [3.63, 3.8) is 0 Å². The maximum atomic E-state index is 12.4. The van der Waals surface area contributed by atoms with Crippen LogP contribution in [0.15, 0.2) is 48.5 Å². The second-order valence-corrected chi connectivity index (χ2v) is 6.66. The molecule has 0 radical (unpaired) electrons. The summed E-state index contributed by atoms with van der Waals surface area (Å²) in [6, 6.07) is 15.1. The highest BCUT2D eigenvalue weighted by atomic mass is 16.5. The molecule has 0 aliphatic carbocycles. The van der Waals surface area contributed by atoms with Crippen molar-refractivity contribution in [2.24, 2.45) is 0 Å². The largest absolute Gasteiger partial charge is 0.483 e. The maximum Gasteiger partial charge on any atom is 0.260 e. The molecule has 2 amide bonds. The molecule has 0 fully saturated rings. The Bertz CT molecular complexity index is 771. The van der Waals surface area contributed by atoms with Gasteiger partial charge < -0.3 is 15.0 Å². The molecule has 2 aromatic carbocycles. The predicted octanol–water partition coefficient (Wildman–Crippen LogP) is 3.60. The fourth-order valence-electron chi connectivity index (χ4n) is 2.76. The van der Waals surface area contributed by atoms with Crippen LogP contribution in [-0.4, -0.2) is 37.4 Å². The molecule has 5 heteroatoms. The highest BCUT2D eigenvalue weighted by Gasteiger charge is 2.14. The molecule has 0 bridgehead atoms. The van der Waals surface area contributed by atoms with Gasteiger partial charge in [-0.3, -0.25) is 9.59 Å². The molecular weight excluding hydrogens is 340 g/mol. The van der Waals surface area contributed by atoms with Gasteiger partial charge in [-0.1, -0.05) is 44.2 Å². The first-order valence-corrected chi connectivity index (χ1v) is 9.23. The van der Waals surface area contributed by atoms with Gasteiger partial charge in [-0.05, 0) is 41.7 Å². The molecule has 0 aromatic heterocycles. The molecule has 0 aliphatic rings. The fraction of sp³-hybridized carbons (Fsp3) is 0.364. The Labute approximate surface area is 161 Å². The number of likely N-dealkylation sites (N-methyl/N-ethyl adjacent to an activating group) is 1. The molecule has 1 N–H and O–H groups in total. The van der Waals surface area contributed by atoms with E-state index in [9.17, 15) is 9.59 Å². The maximum absolute atomic E-state index is 12.4. The number of benzene rings is 2. The van der Waals surface area contributed by atoms with E-state index in [0.29, 0.717) is 18.0 Å². The van der Waals surface area contributed by atoms with Crippen LogP contribution in [-0.2, 0) is 11.3 Å². The molecule has 0 heterocycles. The average molecular weight is 368 g/mol. The summed E-state index contributed by atoms with van der Waals surface area (Å²) in [6.45, 7) is 4.75. The Morgan fingerprint density at radius 1 is 1.11 bits per heavy atom. The van der Waals surface area contributed by atoms with Crippen molar-refractivity contribution in [1.29, 1.82) is 0 Å². The summed E-state index contributed by atoms with van der Waals surface area (Å²) in [6.07, 6.45) is 1.01. The first-order valence-electron chi connectivity index (χ1n) is 9.23. The normalized spacial score (nSPS) is 11.6. The zero-order valence-corrected chi connectivity index (χ0v) is 16.5. The molecule has 0 saturated carbocycles. The van der Waals surface area contributed by atoms with Crippen molar-refractivity contribution >= 4 is 11.8 Å². The first-order chi connectivity index (χ1) is 13.0. The molecule has 0 saturated heterocycles. The number of ether oxygens (including phenoxy) is 1. The van der Waals surface area contributed by atoms with Crippen LogP contribution < -0.4 is 10.1 Å². The van der Waals surface area contributed by atoms with E-state index in [-0.39, 0.29) is 18.4 Å². The fourth-order valence-corrected chi connectivity index (χ4v) is 2.76. The average Bonchev–Trinajstić information content (AvgIpc) is 2.71. The van der Waals surface area contributed by atoms with Crippen LogP contribution in [0.5, 0.6) is 5.75 Å². The Balaban J connectivity index is 1.94. The third kappa shape index (κ3) is 5.58. The van der Waals surface area contributed by atoms with Gasteiger partial charge in [0.05, 0.1) is 0 Å². The van der Waals surface area contributed by atoms with Crippen molar-refractivity contribution in [3.05, 3.63) is 65.2 Å². The predicted molar refractivity (Wildman–Crippen MR) is 107 cm³/mol. The quantitative estimate of drug-likeness (QED) is 0.774. The summed E-state index contributed by atoms with van der Waals surface area (Å²) >= 11 is 0. The van der Waals surface area contributed by atoms with Crippen molar-refractivity contribution < 1.29 is 14.3 Å². The summed E-state index contributed by atoms with van der Waals surface area (Å²) in [5.74, 6) is 0.931. The van der Waals surface area contributed by atoms with E-state index in [1.807, 2.05) is 36.4 Å². The highest BCUT2D eigenvalue weighted by molar-refractivity contribution is 5.93. The molecule has 0 aliphatic heterocycles. The van der Waals surface area contributed by atoms with Gasteiger partial charge in [0, 0.05) is 26.2 Å². The van der Waals surface area contributed by atoms with Crippen LogP contribution in [0.3, 0.4) is 0 Å². The highest BCUT2D eigenvalue weighted by Crippen LogP contribution is 2.28. The number of hydrogen-bond donors (Lipinski definition) is 1. The molecular formula is C22H28N2O3. The molecule has 2 rings (SSSR count). The van der Waals surface area contributed by atoms with Gasteiger partial charge in [-0.25, -0.2) is 0 Å². The SMILES string of the molecule is CCC(C)c1ccccc1OCC(=O)N(C)Cc1ccc(C(=O)NC)cc1. The van der Waals surface area contributed by atoms with E-state index in [1.165, 1.54) is 0 Å². The van der Waals surface area contributed by atoms with Crippen molar-refractivity contribution in [2.45, 2.75) is 32.7 Å². The minimum Gasteiger partial charge on any atom is -0.483 e. The zero-order valence-electron chi connectivity index (χ0n) is 16.5. The number of rotatable bonds is 8. The molecule has 2 aromatic rings. The van der Waals surface area contributed by atoms with Crippen LogP contribution in [0.2, 0.25) is 0 Å². The number of nitrogens with zero attached hydrogens (tertiary/aromatic N) is 1. The Kier molecular flexibility index (Phi) is 7.41. The lowest BCUT2D eigenvalue weighted by Crippen LogP contribution is -2.31. The van der Waals surface area contributed by atoms with Gasteiger partial charge in [0.15, 0.2) is 6.61 Å². The lowest BCUT2D eigenvalue weighted by Gasteiger charge is -2.19. The number of carbonyl (C=O) groups excluding carboxylic acids is 2. The van der Waals surface area contributed by atoms with E-state index < -0.39 is 0 Å². The Morgan fingerprint density at radius 2 is 1.78 bits per heavy atom. The third-order valence-electron chi connectivity index (χ3n) is 4.70. The first kappa shape index (κ1) is 20.5. The van der Waals surface area contributed by atoms with E-state index in [2.05, 4.69) is 19.2 Å².